The molecule has 1 aliphatic carbocycles. The summed E-state index contributed by atoms with van der Waals surface area (Å²) in [5.74, 6) is 1.04. The fourth-order valence-electron chi connectivity index (χ4n) is 2.61. The largest absolute Gasteiger partial charge is 0.382 e. The summed E-state index contributed by atoms with van der Waals surface area (Å²) in [5.41, 5.74) is 0.879. The summed E-state index contributed by atoms with van der Waals surface area (Å²) in [7, 11) is 0. The van der Waals surface area contributed by atoms with E-state index in [0.717, 1.165) is 24.4 Å². The third-order valence-electron chi connectivity index (χ3n) is 4.06. The molecule has 0 aliphatic heterocycles. The Morgan fingerprint density at radius 3 is 2.67 bits per heavy atom. The lowest BCUT2D eigenvalue weighted by atomic mass is 9.79. The average Bonchev–Trinajstić information content (AvgIpc) is 2.34. The molecule has 0 bridgehead atoms. The third kappa shape index (κ3) is 2.81. The van der Waals surface area contributed by atoms with Crippen LogP contribution >= 0.6 is 0 Å². The summed E-state index contributed by atoms with van der Waals surface area (Å²) >= 11 is 0. The van der Waals surface area contributed by atoms with Gasteiger partial charge in [-0.15, -0.1) is 0 Å². The molecule has 0 radical (unpaired) electrons. The molecule has 3 unspecified atom stereocenters. The van der Waals surface area contributed by atoms with E-state index in [2.05, 4.69) is 19.2 Å². The monoisotopic (exact) mass is 246 g/mol. The highest BCUT2D eigenvalue weighted by molar-refractivity contribution is 5.48. The molecule has 0 spiro atoms. The van der Waals surface area contributed by atoms with Crippen LogP contribution in [0, 0.1) is 29.0 Å². The zero-order valence-corrected chi connectivity index (χ0v) is 10.9. The van der Waals surface area contributed by atoms with Crippen molar-refractivity contribution in [2.24, 2.45) is 11.8 Å². The second kappa shape index (κ2) is 5.39. The van der Waals surface area contributed by atoms with Crippen molar-refractivity contribution in [1.29, 1.82) is 5.26 Å². The highest BCUT2D eigenvalue weighted by Gasteiger charge is 2.24. The highest BCUT2D eigenvalue weighted by Crippen LogP contribution is 2.31. The topological polar surface area (TPSA) is 35.8 Å². The number of hydrogen-bond acceptors (Lipinski definition) is 2. The Hall–Kier alpha value is -1.56. The Morgan fingerprint density at radius 1 is 1.28 bits per heavy atom. The molecule has 3 heteroatoms. The van der Waals surface area contributed by atoms with Crippen LogP contribution in [-0.2, 0) is 0 Å². The molecule has 1 fully saturated rings. The van der Waals surface area contributed by atoms with Crippen molar-refractivity contribution in [3.8, 4) is 6.07 Å². The lowest BCUT2D eigenvalue weighted by molar-refractivity contribution is 0.261. The Kier molecular flexibility index (Phi) is 3.86. The van der Waals surface area contributed by atoms with Gasteiger partial charge in [0.2, 0.25) is 0 Å². The lowest BCUT2D eigenvalue weighted by Crippen LogP contribution is -2.30. The first-order chi connectivity index (χ1) is 8.60. The van der Waals surface area contributed by atoms with E-state index in [-0.39, 0.29) is 5.56 Å². The first-order valence-corrected chi connectivity index (χ1v) is 6.56. The standard InChI is InChI=1S/C15H19FN2/c1-10-3-5-13(7-11(10)2)18-14-6-4-12(9-17)15(16)8-14/h4,6,8,10-11,13,18H,3,5,7H2,1-2H3. The fraction of sp³-hybridized carbons (Fsp3) is 0.533. The van der Waals surface area contributed by atoms with Crippen LogP contribution in [0.2, 0.25) is 0 Å². The van der Waals surface area contributed by atoms with Gasteiger partial charge in [-0.1, -0.05) is 13.8 Å². The van der Waals surface area contributed by atoms with Crippen LogP contribution in [0.15, 0.2) is 18.2 Å². The summed E-state index contributed by atoms with van der Waals surface area (Å²) < 4.78 is 13.5. The van der Waals surface area contributed by atoms with Gasteiger partial charge in [0, 0.05) is 11.7 Å². The molecule has 1 aromatic carbocycles. The molecule has 1 aromatic rings. The SMILES string of the molecule is CC1CCC(Nc2ccc(C#N)c(F)c2)CC1C. The number of halogens is 1. The molecule has 2 rings (SSSR count). The normalized spacial score (nSPS) is 27.6. The highest BCUT2D eigenvalue weighted by atomic mass is 19.1. The van der Waals surface area contributed by atoms with E-state index in [4.69, 9.17) is 5.26 Å². The van der Waals surface area contributed by atoms with Gasteiger partial charge in [-0.25, -0.2) is 4.39 Å². The van der Waals surface area contributed by atoms with Gasteiger partial charge < -0.3 is 5.32 Å². The van der Waals surface area contributed by atoms with Crippen LogP contribution in [0.4, 0.5) is 10.1 Å². The van der Waals surface area contributed by atoms with E-state index in [1.54, 1.807) is 6.07 Å². The molecule has 18 heavy (non-hydrogen) atoms. The van der Waals surface area contributed by atoms with E-state index in [0.29, 0.717) is 12.0 Å². The lowest BCUT2D eigenvalue weighted by Gasteiger charge is -2.33. The second-order valence-corrected chi connectivity index (χ2v) is 5.42. The molecule has 0 amide bonds. The van der Waals surface area contributed by atoms with Crippen molar-refractivity contribution >= 4 is 5.69 Å². The van der Waals surface area contributed by atoms with E-state index in [1.165, 1.54) is 18.6 Å². The minimum atomic E-state index is -0.445. The molecular formula is C15H19FN2. The van der Waals surface area contributed by atoms with Gasteiger partial charge in [-0.05, 0) is 49.3 Å². The maximum absolute atomic E-state index is 13.5. The number of nitrogens with one attached hydrogen (secondary N) is 1. The number of nitriles is 1. The molecule has 96 valence electrons. The van der Waals surface area contributed by atoms with Crippen molar-refractivity contribution < 1.29 is 4.39 Å². The Labute approximate surface area is 108 Å². The average molecular weight is 246 g/mol. The minimum absolute atomic E-state index is 0.103. The molecule has 1 aliphatic rings. The molecular weight excluding hydrogens is 227 g/mol. The molecule has 0 saturated heterocycles. The predicted octanol–water partition coefficient (Wildman–Crippen LogP) is 3.93. The van der Waals surface area contributed by atoms with Crippen LogP contribution in [0.25, 0.3) is 0 Å². The number of rotatable bonds is 2. The fourth-order valence-corrected chi connectivity index (χ4v) is 2.61. The van der Waals surface area contributed by atoms with E-state index < -0.39 is 5.82 Å². The first-order valence-electron chi connectivity index (χ1n) is 6.56. The van der Waals surface area contributed by atoms with Gasteiger partial charge in [-0.2, -0.15) is 5.26 Å². The van der Waals surface area contributed by atoms with Crippen LogP contribution in [0.3, 0.4) is 0 Å². The first kappa shape index (κ1) is 12.9. The second-order valence-electron chi connectivity index (χ2n) is 5.42. The Balaban J connectivity index is 2.02. The smallest absolute Gasteiger partial charge is 0.143 e. The summed E-state index contributed by atoms with van der Waals surface area (Å²) in [6.07, 6.45) is 3.48. The molecule has 0 aromatic heterocycles. The van der Waals surface area contributed by atoms with E-state index in [9.17, 15) is 4.39 Å². The summed E-state index contributed by atoms with van der Waals surface area (Å²) in [6.45, 7) is 4.57. The number of nitrogens with zero attached hydrogens (tertiary/aromatic N) is 1. The summed E-state index contributed by atoms with van der Waals surface area (Å²) in [6, 6.07) is 6.99. The van der Waals surface area contributed by atoms with Crippen molar-refractivity contribution in [3.05, 3.63) is 29.6 Å². The van der Waals surface area contributed by atoms with Gasteiger partial charge in [0.25, 0.3) is 0 Å². The maximum Gasteiger partial charge on any atom is 0.143 e. The third-order valence-corrected chi connectivity index (χ3v) is 4.06. The van der Waals surface area contributed by atoms with Crippen molar-refractivity contribution in [1.82, 2.24) is 0 Å². The number of anilines is 1. The van der Waals surface area contributed by atoms with Crippen molar-refractivity contribution in [2.75, 3.05) is 5.32 Å². The zero-order chi connectivity index (χ0) is 13.1. The Morgan fingerprint density at radius 2 is 2.06 bits per heavy atom. The molecule has 1 saturated carbocycles. The molecule has 3 atom stereocenters. The number of hydrogen-bond donors (Lipinski definition) is 1. The van der Waals surface area contributed by atoms with Crippen molar-refractivity contribution in [2.45, 2.75) is 39.2 Å². The van der Waals surface area contributed by atoms with E-state index in [1.807, 2.05) is 6.07 Å². The Bertz CT molecular complexity index is 464. The predicted molar refractivity (Wildman–Crippen MR) is 70.7 cm³/mol. The maximum atomic E-state index is 13.5. The molecule has 0 heterocycles. The van der Waals surface area contributed by atoms with Crippen LogP contribution in [0.5, 0.6) is 0 Å². The van der Waals surface area contributed by atoms with E-state index >= 15 is 0 Å². The molecule has 2 nitrogen and oxygen atoms in total. The van der Waals surface area contributed by atoms with Gasteiger partial charge in [0.05, 0.1) is 5.56 Å². The minimum Gasteiger partial charge on any atom is -0.382 e. The van der Waals surface area contributed by atoms with Gasteiger partial charge in [0.1, 0.15) is 11.9 Å². The quantitative estimate of drug-likeness (QED) is 0.858. The van der Waals surface area contributed by atoms with Crippen LogP contribution in [-0.4, -0.2) is 6.04 Å². The zero-order valence-electron chi connectivity index (χ0n) is 10.9. The van der Waals surface area contributed by atoms with Gasteiger partial charge in [0.15, 0.2) is 0 Å². The number of benzene rings is 1. The summed E-state index contributed by atoms with van der Waals surface area (Å²) in [4.78, 5) is 0. The van der Waals surface area contributed by atoms with Gasteiger partial charge in [-0.3, -0.25) is 0 Å². The van der Waals surface area contributed by atoms with Crippen LogP contribution in [0.1, 0.15) is 38.7 Å². The molecule has 1 N–H and O–H groups in total. The van der Waals surface area contributed by atoms with Crippen LogP contribution < -0.4 is 5.32 Å². The van der Waals surface area contributed by atoms with Gasteiger partial charge >= 0.3 is 0 Å². The summed E-state index contributed by atoms with van der Waals surface area (Å²) in [5, 5.41) is 12.1. The van der Waals surface area contributed by atoms with Crippen molar-refractivity contribution in [3.63, 3.8) is 0 Å².